The Labute approximate surface area is 207 Å². The highest BCUT2D eigenvalue weighted by molar-refractivity contribution is 7.17. The van der Waals surface area contributed by atoms with E-state index in [0.29, 0.717) is 17.1 Å². The molecule has 9 heteroatoms. The Bertz CT molecular complexity index is 1310. The third kappa shape index (κ3) is 4.92. The highest BCUT2D eigenvalue weighted by Crippen LogP contribution is 2.39. The van der Waals surface area contributed by atoms with Crippen molar-refractivity contribution >= 4 is 28.2 Å². The molecule has 0 radical (unpaired) electrons. The number of nitrogens with zero attached hydrogens (tertiary/aromatic N) is 2. The first-order valence-electron chi connectivity index (χ1n) is 12.1. The fourth-order valence-corrected chi connectivity index (χ4v) is 5.87. The van der Waals surface area contributed by atoms with E-state index in [1.165, 1.54) is 27.6 Å². The maximum absolute atomic E-state index is 13.2. The van der Waals surface area contributed by atoms with Crippen molar-refractivity contribution in [2.24, 2.45) is 0 Å². The smallest absolute Gasteiger partial charge is 0.280 e. The number of aryl methyl sites for hydroxylation is 2. The minimum Gasteiger partial charge on any atom is -0.376 e. The van der Waals surface area contributed by atoms with Crippen LogP contribution in [0.1, 0.15) is 63.0 Å². The molecule has 0 saturated carbocycles. The molecule has 1 aromatic carbocycles. The normalized spacial score (nSPS) is 16.8. The number of hydrogen-bond acceptors (Lipinski definition) is 6. The van der Waals surface area contributed by atoms with Gasteiger partial charge in [0.25, 0.3) is 11.8 Å². The molecule has 1 atom stereocenters. The van der Waals surface area contributed by atoms with Gasteiger partial charge in [0.2, 0.25) is 5.43 Å². The number of hydrogen-bond donors (Lipinski definition) is 2. The van der Waals surface area contributed by atoms with Crippen LogP contribution in [0.25, 0.3) is 5.69 Å². The molecule has 1 saturated heterocycles. The van der Waals surface area contributed by atoms with E-state index in [0.717, 1.165) is 61.3 Å². The van der Waals surface area contributed by atoms with Crippen LogP contribution < -0.4 is 16.1 Å². The molecule has 182 valence electrons. The quantitative estimate of drug-likeness (QED) is 0.526. The molecule has 1 fully saturated rings. The van der Waals surface area contributed by atoms with Crippen LogP contribution in [0.5, 0.6) is 0 Å². The lowest BCUT2D eigenvalue weighted by Gasteiger charge is -2.13. The molecular weight excluding hydrogens is 464 g/mol. The Morgan fingerprint density at radius 1 is 1.14 bits per heavy atom. The SMILES string of the molecule is CCc1ccc(-n2ccc(=O)c(C(=O)Nc3sc4c(c3C(=O)NC[C@@H]3CCCO3)CCC4)n2)cc1. The summed E-state index contributed by atoms with van der Waals surface area (Å²) in [6.45, 7) is 3.24. The van der Waals surface area contributed by atoms with Crippen molar-refractivity contribution in [2.45, 2.75) is 51.6 Å². The summed E-state index contributed by atoms with van der Waals surface area (Å²) in [5, 5.41) is 10.6. The lowest BCUT2D eigenvalue weighted by Crippen LogP contribution is -2.33. The lowest BCUT2D eigenvalue weighted by atomic mass is 10.1. The van der Waals surface area contributed by atoms with E-state index in [1.54, 1.807) is 6.20 Å². The summed E-state index contributed by atoms with van der Waals surface area (Å²) in [4.78, 5) is 39.9. The van der Waals surface area contributed by atoms with Gasteiger partial charge >= 0.3 is 0 Å². The Morgan fingerprint density at radius 3 is 2.71 bits per heavy atom. The van der Waals surface area contributed by atoms with Crippen LogP contribution in [0.15, 0.2) is 41.3 Å². The molecule has 2 amide bonds. The fourth-order valence-electron chi connectivity index (χ4n) is 4.59. The zero-order valence-corrected chi connectivity index (χ0v) is 20.5. The van der Waals surface area contributed by atoms with E-state index >= 15 is 0 Å². The first-order chi connectivity index (χ1) is 17.0. The van der Waals surface area contributed by atoms with Crippen molar-refractivity contribution in [2.75, 3.05) is 18.5 Å². The van der Waals surface area contributed by atoms with Crippen molar-refractivity contribution < 1.29 is 14.3 Å². The number of carbonyl (C=O) groups is 2. The second kappa shape index (κ2) is 10.1. The molecule has 5 rings (SSSR count). The van der Waals surface area contributed by atoms with E-state index in [9.17, 15) is 14.4 Å². The predicted molar refractivity (Wildman–Crippen MR) is 135 cm³/mol. The average molecular weight is 493 g/mol. The zero-order chi connectivity index (χ0) is 24.4. The summed E-state index contributed by atoms with van der Waals surface area (Å²) >= 11 is 1.41. The van der Waals surface area contributed by atoms with Crippen LogP contribution in [0.2, 0.25) is 0 Å². The van der Waals surface area contributed by atoms with Gasteiger partial charge in [0, 0.05) is 30.3 Å². The van der Waals surface area contributed by atoms with E-state index in [-0.39, 0.29) is 17.7 Å². The molecular formula is C26H28N4O4S. The van der Waals surface area contributed by atoms with Crippen molar-refractivity contribution in [1.29, 1.82) is 0 Å². The summed E-state index contributed by atoms with van der Waals surface area (Å²) in [5.41, 5.74) is 2.73. The molecule has 2 aliphatic rings. The first-order valence-corrected chi connectivity index (χ1v) is 12.9. The fraction of sp³-hybridized carbons (Fsp3) is 0.385. The second-order valence-electron chi connectivity index (χ2n) is 8.85. The monoisotopic (exact) mass is 492 g/mol. The van der Waals surface area contributed by atoms with E-state index in [4.69, 9.17) is 4.74 Å². The van der Waals surface area contributed by atoms with Gasteiger partial charge in [-0.05, 0) is 61.8 Å². The molecule has 3 aromatic rings. The van der Waals surface area contributed by atoms with Gasteiger partial charge < -0.3 is 15.4 Å². The van der Waals surface area contributed by atoms with Crippen molar-refractivity contribution in [3.8, 4) is 5.69 Å². The molecule has 3 heterocycles. The zero-order valence-electron chi connectivity index (χ0n) is 19.6. The van der Waals surface area contributed by atoms with Crippen molar-refractivity contribution in [1.82, 2.24) is 15.1 Å². The summed E-state index contributed by atoms with van der Waals surface area (Å²) in [6.07, 6.45) is 7.09. The third-order valence-corrected chi connectivity index (χ3v) is 7.73. The lowest BCUT2D eigenvalue weighted by molar-refractivity contribution is 0.0858. The maximum atomic E-state index is 13.2. The summed E-state index contributed by atoms with van der Waals surface area (Å²) < 4.78 is 7.13. The summed E-state index contributed by atoms with van der Waals surface area (Å²) in [6, 6.07) is 9.11. The topological polar surface area (TPSA) is 102 Å². The molecule has 8 nitrogen and oxygen atoms in total. The van der Waals surface area contributed by atoms with E-state index in [2.05, 4.69) is 22.7 Å². The number of amides is 2. The van der Waals surface area contributed by atoms with Gasteiger partial charge in [0.1, 0.15) is 5.00 Å². The number of benzene rings is 1. The van der Waals surface area contributed by atoms with Crippen LogP contribution >= 0.6 is 11.3 Å². The molecule has 0 unspecified atom stereocenters. The Kier molecular flexibility index (Phi) is 6.79. The molecule has 35 heavy (non-hydrogen) atoms. The number of ether oxygens (including phenoxy) is 1. The van der Waals surface area contributed by atoms with Crippen LogP contribution in [0, 0.1) is 0 Å². The average Bonchev–Trinajstić information content (AvgIpc) is 3.61. The van der Waals surface area contributed by atoms with Gasteiger partial charge in [0.15, 0.2) is 5.69 Å². The van der Waals surface area contributed by atoms with Gasteiger partial charge in [-0.2, -0.15) is 5.10 Å². The molecule has 0 spiro atoms. The van der Waals surface area contributed by atoms with Crippen LogP contribution in [0.3, 0.4) is 0 Å². The first kappa shape index (κ1) is 23.4. The van der Waals surface area contributed by atoms with Gasteiger partial charge in [-0.15, -0.1) is 11.3 Å². The molecule has 1 aliphatic heterocycles. The highest BCUT2D eigenvalue weighted by atomic mass is 32.1. The molecule has 1 aliphatic carbocycles. The Morgan fingerprint density at radius 2 is 1.97 bits per heavy atom. The predicted octanol–water partition coefficient (Wildman–Crippen LogP) is 3.51. The van der Waals surface area contributed by atoms with Gasteiger partial charge in [0.05, 0.1) is 17.4 Å². The number of thiophene rings is 1. The number of rotatable bonds is 7. The minimum atomic E-state index is -0.623. The number of anilines is 1. The number of fused-ring (bicyclic) bond motifs is 1. The van der Waals surface area contributed by atoms with E-state index < -0.39 is 11.3 Å². The Hall–Kier alpha value is -3.30. The van der Waals surface area contributed by atoms with Crippen molar-refractivity contribution in [3.63, 3.8) is 0 Å². The molecule has 2 aromatic heterocycles. The van der Waals surface area contributed by atoms with Crippen molar-refractivity contribution in [3.05, 3.63) is 74.0 Å². The van der Waals surface area contributed by atoms with E-state index in [1.807, 2.05) is 24.3 Å². The molecule has 0 bridgehead atoms. The maximum Gasteiger partial charge on any atom is 0.280 e. The minimum absolute atomic E-state index is 0.0297. The van der Waals surface area contributed by atoms with Gasteiger partial charge in [-0.3, -0.25) is 14.4 Å². The van der Waals surface area contributed by atoms with Crippen LogP contribution in [-0.2, 0) is 24.0 Å². The number of aromatic nitrogens is 2. The van der Waals surface area contributed by atoms with Gasteiger partial charge in [-0.1, -0.05) is 19.1 Å². The van der Waals surface area contributed by atoms with Crippen LogP contribution in [-0.4, -0.2) is 40.9 Å². The standard InChI is InChI=1S/C26H28N4O4S/c1-2-16-8-10-17(11-9-16)30-13-12-20(31)23(29-30)25(33)28-26-22(19-6-3-7-21(19)35-26)24(32)27-15-18-5-4-14-34-18/h8-13,18H,2-7,14-15H2,1H3,(H,27,32)(H,28,33)/t18-/m0/s1. The highest BCUT2D eigenvalue weighted by Gasteiger charge is 2.29. The Balaban J connectivity index is 1.39. The number of nitrogens with one attached hydrogen (secondary N) is 2. The third-order valence-electron chi connectivity index (χ3n) is 6.52. The summed E-state index contributed by atoms with van der Waals surface area (Å²) in [5.74, 6) is -0.840. The van der Waals surface area contributed by atoms with Crippen LogP contribution in [0.4, 0.5) is 5.00 Å². The summed E-state index contributed by atoms with van der Waals surface area (Å²) in [7, 11) is 0. The molecule has 2 N–H and O–H groups in total. The number of carbonyl (C=O) groups excluding carboxylic acids is 2. The largest absolute Gasteiger partial charge is 0.376 e. The van der Waals surface area contributed by atoms with Gasteiger partial charge in [-0.25, -0.2) is 4.68 Å². The second-order valence-corrected chi connectivity index (χ2v) is 9.96.